The van der Waals surface area contributed by atoms with Gasteiger partial charge in [0, 0.05) is 29.2 Å². The Morgan fingerprint density at radius 1 is 1.12 bits per heavy atom. The first kappa shape index (κ1) is 12.4. The van der Waals surface area contributed by atoms with E-state index in [0.717, 1.165) is 6.04 Å². The molecule has 2 heteroatoms. The summed E-state index contributed by atoms with van der Waals surface area (Å²) in [6.45, 7) is 15.1. The molecule has 0 aromatic rings. The van der Waals surface area contributed by atoms with E-state index in [1.165, 1.54) is 25.8 Å². The maximum absolute atomic E-state index is 3.88. The molecule has 0 radical (unpaired) electrons. The van der Waals surface area contributed by atoms with Crippen molar-refractivity contribution in [1.82, 2.24) is 10.2 Å². The molecule has 0 aromatic carbocycles. The highest BCUT2D eigenvalue weighted by atomic mass is 15.3. The third kappa shape index (κ3) is 2.28. The highest BCUT2D eigenvalue weighted by Gasteiger charge is 2.52. The normalized spacial score (nSPS) is 36.0. The van der Waals surface area contributed by atoms with Crippen LogP contribution in [-0.2, 0) is 0 Å². The molecule has 1 aliphatic heterocycles. The molecule has 16 heavy (non-hydrogen) atoms. The van der Waals surface area contributed by atoms with Gasteiger partial charge in [0.25, 0.3) is 0 Å². The van der Waals surface area contributed by atoms with Crippen LogP contribution in [0, 0.1) is 0 Å². The fourth-order valence-electron chi connectivity index (χ4n) is 3.70. The molecule has 1 saturated heterocycles. The van der Waals surface area contributed by atoms with Crippen LogP contribution >= 0.6 is 0 Å². The van der Waals surface area contributed by atoms with Crippen molar-refractivity contribution in [1.29, 1.82) is 0 Å². The van der Waals surface area contributed by atoms with E-state index < -0.39 is 0 Å². The van der Waals surface area contributed by atoms with Gasteiger partial charge < -0.3 is 5.32 Å². The van der Waals surface area contributed by atoms with Gasteiger partial charge in [-0.25, -0.2) is 0 Å². The lowest BCUT2D eigenvalue weighted by Gasteiger charge is -2.43. The van der Waals surface area contributed by atoms with Crippen molar-refractivity contribution in [2.75, 3.05) is 6.54 Å². The highest BCUT2D eigenvalue weighted by Crippen LogP contribution is 2.44. The summed E-state index contributed by atoms with van der Waals surface area (Å²) in [5.74, 6) is 0. The van der Waals surface area contributed by atoms with Crippen molar-refractivity contribution in [3.63, 3.8) is 0 Å². The average Bonchev–Trinajstić information content (AvgIpc) is 2.54. The second-order valence-electron chi connectivity index (χ2n) is 7.85. The summed E-state index contributed by atoms with van der Waals surface area (Å²) in [5, 5.41) is 3.88. The molecule has 1 aliphatic carbocycles. The lowest BCUT2D eigenvalue weighted by atomic mass is 9.92. The zero-order valence-electron chi connectivity index (χ0n) is 11.9. The van der Waals surface area contributed by atoms with Gasteiger partial charge in [-0.2, -0.15) is 0 Å². The smallest absolute Gasteiger partial charge is 0.0329 e. The third-order valence-electron chi connectivity index (χ3n) is 4.00. The van der Waals surface area contributed by atoms with Crippen molar-refractivity contribution in [3.8, 4) is 0 Å². The molecule has 2 unspecified atom stereocenters. The summed E-state index contributed by atoms with van der Waals surface area (Å²) in [7, 11) is 0. The number of likely N-dealkylation sites (tertiary alicyclic amines) is 1. The zero-order valence-corrected chi connectivity index (χ0v) is 11.9. The minimum Gasteiger partial charge on any atom is -0.305 e. The van der Waals surface area contributed by atoms with E-state index in [-0.39, 0.29) is 5.54 Å². The van der Waals surface area contributed by atoms with Gasteiger partial charge in [-0.15, -0.1) is 0 Å². The van der Waals surface area contributed by atoms with E-state index in [2.05, 4.69) is 51.8 Å². The Hall–Kier alpha value is -0.0800. The minimum absolute atomic E-state index is 0.239. The second-order valence-corrected chi connectivity index (χ2v) is 7.85. The predicted molar refractivity (Wildman–Crippen MR) is 69.7 cm³/mol. The summed E-state index contributed by atoms with van der Waals surface area (Å²) in [4.78, 5) is 2.70. The fourth-order valence-corrected chi connectivity index (χ4v) is 3.70. The van der Waals surface area contributed by atoms with Crippen molar-refractivity contribution in [2.45, 2.75) is 83.5 Å². The van der Waals surface area contributed by atoms with Gasteiger partial charge in [-0.1, -0.05) is 0 Å². The summed E-state index contributed by atoms with van der Waals surface area (Å²) in [5.41, 5.74) is 0.964. The van der Waals surface area contributed by atoms with Crippen molar-refractivity contribution < 1.29 is 0 Å². The fraction of sp³-hybridized carbons (Fsp3) is 1.00. The lowest BCUT2D eigenvalue weighted by Crippen LogP contribution is -2.57. The van der Waals surface area contributed by atoms with Crippen LogP contribution < -0.4 is 5.32 Å². The van der Waals surface area contributed by atoms with E-state index in [4.69, 9.17) is 0 Å². The number of rotatable bonds is 1. The second kappa shape index (κ2) is 3.46. The summed E-state index contributed by atoms with van der Waals surface area (Å²) < 4.78 is 0. The van der Waals surface area contributed by atoms with E-state index in [1.54, 1.807) is 0 Å². The first-order chi connectivity index (χ1) is 7.11. The summed E-state index contributed by atoms with van der Waals surface area (Å²) in [6.07, 6.45) is 4.09. The number of hydrogen-bond acceptors (Lipinski definition) is 2. The number of piperidine rings is 1. The predicted octanol–water partition coefficient (Wildman–Crippen LogP) is 2.78. The molecule has 2 rings (SSSR count). The van der Waals surface area contributed by atoms with Crippen LogP contribution in [0.4, 0.5) is 0 Å². The molecule has 2 nitrogen and oxygen atoms in total. The molecule has 2 aliphatic rings. The first-order valence-corrected chi connectivity index (χ1v) is 6.68. The molecule has 0 spiro atoms. The van der Waals surface area contributed by atoms with E-state index in [1.807, 2.05) is 0 Å². The Labute approximate surface area is 101 Å². The standard InChI is InChI=1S/C14H28N2/c1-12(2,3)15-14-8-7-11(9-14)16(10-14)13(4,5)6/h11,15H,7-10H2,1-6H3. The van der Waals surface area contributed by atoms with Gasteiger partial charge in [0.15, 0.2) is 0 Å². The number of fused-ring (bicyclic) bond motifs is 2. The number of nitrogens with one attached hydrogen (secondary N) is 1. The monoisotopic (exact) mass is 224 g/mol. The molecule has 2 bridgehead atoms. The zero-order chi connectivity index (χ0) is 12.2. The Balaban J connectivity index is 2.11. The molecule has 1 saturated carbocycles. The van der Waals surface area contributed by atoms with Crippen LogP contribution in [0.2, 0.25) is 0 Å². The van der Waals surface area contributed by atoms with Gasteiger partial charge in [-0.05, 0) is 60.8 Å². The Kier molecular flexibility index (Phi) is 2.67. The topological polar surface area (TPSA) is 15.3 Å². The van der Waals surface area contributed by atoms with E-state index >= 15 is 0 Å². The SMILES string of the molecule is CC(C)(C)NC12CCC(C1)N(C(C)(C)C)C2. The molecule has 1 N–H and O–H groups in total. The van der Waals surface area contributed by atoms with Gasteiger partial charge in [0.1, 0.15) is 0 Å². The Morgan fingerprint density at radius 2 is 1.75 bits per heavy atom. The van der Waals surface area contributed by atoms with E-state index in [0.29, 0.717) is 11.1 Å². The first-order valence-electron chi connectivity index (χ1n) is 6.68. The average molecular weight is 224 g/mol. The van der Waals surface area contributed by atoms with Gasteiger partial charge in [0.2, 0.25) is 0 Å². The van der Waals surface area contributed by atoms with Crippen LogP contribution in [0.1, 0.15) is 60.8 Å². The van der Waals surface area contributed by atoms with Gasteiger partial charge >= 0.3 is 0 Å². The number of nitrogens with zero attached hydrogens (tertiary/aromatic N) is 1. The van der Waals surface area contributed by atoms with Crippen LogP contribution in [0.25, 0.3) is 0 Å². The molecular formula is C14H28N2. The minimum atomic E-state index is 0.239. The van der Waals surface area contributed by atoms with Crippen molar-refractivity contribution in [2.24, 2.45) is 0 Å². The molecule has 94 valence electrons. The molecule has 1 heterocycles. The molecule has 0 amide bonds. The molecule has 2 fully saturated rings. The molecule has 0 aromatic heterocycles. The van der Waals surface area contributed by atoms with Gasteiger partial charge in [0.05, 0.1) is 0 Å². The highest BCUT2D eigenvalue weighted by molar-refractivity contribution is 5.12. The third-order valence-corrected chi connectivity index (χ3v) is 4.00. The van der Waals surface area contributed by atoms with E-state index in [9.17, 15) is 0 Å². The van der Waals surface area contributed by atoms with Crippen molar-refractivity contribution in [3.05, 3.63) is 0 Å². The Morgan fingerprint density at radius 3 is 2.19 bits per heavy atom. The van der Waals surface area contributed by atoms with Crippen LogP contribution in [0.15, 0.2) is 0 Å². The maximum atomic E-state index is 3.88. The summed E-state index contributed by atoms with van der Waals surface area (Å²) >= 11 is 0. The Bertz CT molecular complexity index is 271. The molecular weight excluding hydrogens is 196 g/mol. The van der Waals surface area contributed by atoms with Crippen LogP contribution in [0.5, 0.6) is 0 Å². The maximum Gasteiger partial charge on any atom is 0.0329 e. The number of hydrogen-bond donors (Lipinski definition) is 1. The lowest BCUT2D eigenvalue weighted by molar-refractivity contribution is 0.0806. The quantitative estimate of drug-likeness (QED) is 0.737. The van der Waals surface area contributed by atoms with Crippen LogP contribution in [-0.4, -0.2) is 34.1 Å². The summed E-state index contributed by atoms with van der Waals surface area (Å²) in [6, 6.07) is 0.815. The van der Waals surface area contributed by atoms with Crippen LogP contribution in [0.3, 0.4) is 0 Å². The van der Waals surface area contributed by atoms with Gasteiger partial charge in [-0.3, -0.25) is 4.90 Å². The molecule has 2 atom stereocenters. The largest absolute Gasteiger partial charge is 0.305 e. The van der Waals surface area contributed by atoms with Crippen molar-refractivity contribution >= 4 is 0 Å².